The summed E-state index contributed by atoms with van der Waals surface area (Å²) in [5, 5.41) is 0. The molecule has 0 heterocycles. The number of rotatable bonds is 60. The Labute approximate surface area is 472 Å². The van der Waals surface area contributed by atoms with Crippen LogP contribution in [-0.2, 0) is 28.6 Å². The van der Waals surface area contributed by atoms with Crippen molar-refractivity contribution in [1.82, 2.24) is 0 Å². The van der Waals surface area contributed by atoms with E-state index in [1.807, 2.05) is 6.08 Å². The minimum Gasteiger partial charge on any atom is -0.462 e. The minimum absolute atomic E-state index is 0.102. The lowest BCUT2D eigenvalue weighted by Gasteiger charge is -2.18. The number of hydrogen-bond acceptors (Lipinski definition) is 6. The molecule has 6 nitrogen and oxygen atoms in total. The highest BCUT2D eigenvalue weighted by molar-refractivity contribution is 5.71. The quantitative estimate of drug-likeness (QED) is 0.0261. The number of unbranched alkanes of at least 4 members (excludes halogenated alkanes) is 37. The van der Waals surface area contributed by atoms with Crippen LogP contribution in [0.15, 0.2) is 72.9 Å². The maximum Gasteiger partial charge on any atom is 0.306 e. The van der Waals surface area contributed by atoms with Gasteiger partial charge in [-0.15, -0.1) is 0 Å². The summed E-state index contributed by atoms with van der Waals surface area (Å²) in [6.07, 6.45) is 83.8. The zero-order chi connectivity index (χ0) is 55.0. The largest absolute Gasteiger partial charge is 0.462 e. The van der Waals surface area contributed by atoms with E-state index in [0.29, 0.717) is 19.3 Å². The molecule has 0 rings (SSSR count). The molecule has 0 bridgehead atoms. The van der Waals surface area contributed by atoms with Gasteiger partial charge in [0, 0.05) is 19.3 Å². The van der Waals surface area contributed by atoms with E-state index in [1.165, 1.54) is 212 Å². The van der Waals surface area contributed by atoms with E-state index in [9.17, 15) is 14.4 Å². The summed E-state index contributed by atoms with van der Waals surface area (Å²) in [6, 6.07) is 0. The average Bonchev–Trinajstić information content (AvgIpc) is 3.42. The molecule has 0 radical (unpaired) electrons. The van der Waals surface area contributed by atoms with Crippen LogP contribution in [0.1, 0.15) is 335 Å². The van der Waals surface area contributed by atoms with Crippen molar-refractivity contribution in [2.24, 2.45) is 0 Å². The fraction of sp³-hybridized carbons (Fsp3) is 0.786. The Balaban J connectivity index is 4.21. The van der Waals surface area contributed by atoms with Gasteiger partial charge in [0.05, 0.1) is 0 Å². The van der Waals surface area contributed by atoms with Crippen LogP contribution < -0.4 is 0 Å². The van der Waals surface area contributed by atoms with Crippen molar-refractivity contribution in [1.29, 1.82) is 0 Å². The van der Waals surface area contributed by atoms with Crippen LogP contribution in [0, 0.1) is 0 Å². The van der Waals surface area contributed by atoms with Gasteiger partial charge in [-0.2, -0.15) is 0 Å². The predicted molar refractivity (Wildman–Crippen MR) is 330 cm³/mol. The molecule has 1 atom stereocenters. The third kappa shape index (κ3) is 61.7. The van der Waals surface area contributed by atoms with E-state index in [2.05, 4.69) is 87.6 Å². The highest BCUT2D eigenvalue weighted by Crippen LogP contribution is 2.18. The Hall–Kier alpha value is -3.15. The summed E-state index contributed by atoms with van der Waals surface area (Å²) in [7, 11) is 0. The summed E-state index contributed by atoms with van der Waals surface area (Å²) in [4.78, 5) is 38.2. The molecular weight excluding hydrogens is 937 g/mol. The zero-order valence-electron chi connectivity index (χ0n) is 50.5. The molecule has 0 saturated heterocycles. The van der Waals surface area contributed by atoms with Gasteiger partial charge >= 0.3 is 17.9 Å². The molecule has 0 aromatic heterocycles. The van der Waals surface area contributed by atoms with Crippen molar-refractivity contribution in [2.45, 2.75) is 341 Å². The summed E-state index contributed by atoms with van der Waals surface area (Å²) >= 11 is 0. The molecule has 6 heteroatoms. The molecule has 0 amide bonds. The van der Waals surface area contributed by atoms with Crippen LogP contribution in [0.2, 0.25) is 0 Å². The third-order valence-corrected chi connectivity index (χ3v) is 14.5. The highest BCUT2D eigenvalue weighted by atomic mass is 16.6. The molecule has 0 fully saturated rings. The molecule has 0 aromatic carbocycles. The first-order valence-electron chi connectivity index (χ1n) is 32.9. The lowest BCUT2D eigenvalue weighted by Crippen LogP contribution is -2.30. The van der Waals surface area contributed by atoms with Crippen molar-refractivity contribution in [3.05, 3.63) is 72.9 Å². The number of allylic oxidation sites excluding steroid dienone is 12. The Morgan fingerprint density at radius 1 is 0.276 bits per heavy atom. The van der Waals surface area contributed by atoms with Gasteiger partial charge in [0.2, 0.25) is 0 Å². The second-order valence-electron chi connectivity index (χ2n) is 22.0. The molecule has 0 aliphatic carbocycles. The summed E-state index contributed by atoms with van der Waals surface area (Å²) in [6.45, 7) is 6.49. The van der Waals surface area contributed by atoms with Crippen LogP contribution in [0.4, 0.5) is 0 Å². The number of carbonyl (C=O) groups is 3. The summed E-state index contributed by atoms with van der Waals surface area (Å²) in [5.74, 6) is -0.973. The number of carbonyl (C=O) groups excluding carboxylic acids is 3. The van der Waals surface area contributed by atoms with Crippen LogP contribution in [0.5, 0.6) is 0 Å². The lowest BCUT2D eigenvalue weighted by molar-refractivity contribution is -0.166. The van der Waals surface area contributed by atoms with Gasteiger partial charge in [0.1, 0.15) is 13.2 Å². The first-order valence-corrected chi connectivity index (χ1v) is 32.9. The van der Waals surface area contributed by atoms with Crippen LogP contribution in [0.3, 0.4) is 0 Å². The highest BCUT2D eigenvalue weighted by Gasteiger charge is 2.19. The lowest BCUT2D eigenvalue weighted by atomic mass is 10.0. The van der Waals surface area contributed by atoms with Crippen molar-refractivity contribution >= 4 is 17.9 Å². The predicted octanol–water partition coefficient (Wildman–Crippen LogP) is 22.5. The standard InChI is InChI=1S/C70H124O6/c1-4-7-10-13-16-19-22-24-26-28-30-31-32-33-34-35-36-37-38-39-41-42-44-46-48-51-54-57-60-63-69(72)75-66-67(65-74-68(71)62-59-56-53-50-21-18-15-12-9-6-3)76-70(73)64-61-58-55-52-49-47-45-43-40-29-27-25-23-20-17-14-11-8-5-2/h8,11,17,20,25,27,40,43,47,49,55,58,67H,4-7,9-10,12-16,18-19,21-24,26,28-39,41-42,44-46,48,50-54,56-57,59-66H2,1-3H3/b11-8-,20-17-,27-25-,43-40-,49-47-,58-55-. The maximum absolute atomic E-state index is 12.8. The number of hydrogen-bond donors (Lipinski definition) is 0. The second-order valence-corrected chi connectivity index (χ2v) is 22.0. The second kappa shape index (κ2) is 64.4. The molecule has 0 N–H and O–H groups in total. The molecule has 0 aliphatic rings. The van der Waals surface area contributed by atoms with Crippen molar-refractivity contribution in [3.8, 4) is 0 Å². The Morgan fingerprint density at radius 2 is 0.513 bits per heavy atom. The first-order chi connectivity index (χ1) is 37.5. The van der Waals surface area contributed by atoms with Crippen LogP contribution >= 0.6 is 0 Å². The molecule has 440 valence electrons. The summed E-state index contributed by atoms with van der Waals surface area (Å²) in [5.41, 5.74) is 0. The Kier molecular flexibility index (Phi) is 61.7. The normalized spacial score (nSPS) is 12.5. The van der Waals surface area contributed by atoms with Gasteiger partial charge in [0.15, 0.2) is 6.10 Å². The van der Waals surface area contributed by atoms with Gasteiger partial charge in [-0.1, -0.05) is 331 Å². The Bertz CT molecular complexity index is 1400. The number of esters is 3. The molecule has 0 saturated carbocycles. The van der Waals surface area contributed by atoms with E-state index in [4.69, 9.17) is 14.2 Å². The van der Waals surface area contributed by atoms with Gasteiger partial charge in [-0.3, -0.25) is 14.4 Å². The molecular formula is C70H124O6. The summed E-state index contributed by atoms with van der Waals surface area (Å²) < 4.78 is 16.8. The van der Waals surface area contributed by atoms with E-state index in [0.717, 1.165) is 77.0 Å². The first kappa shape index (κ1) is 72.8. The average molecular weight is 1060 g/mol. The van der Waals surface area contributed by atoms with Crippen LogP contribution in [0.25, 0.3) is 0 Å². The van der Waals surface area contributed by atoms with Gasteiger partial charge in [-0.25, -0.2) is 0 Å². The zero-order valence-corrected chi connectivity index (χ0v) is 50.5. The fourth-order valence-electron chi connectivity index (χ4n) is 9.59. The molecule has 0 aromatic rings. The third-order valence-electron chi connectivity index (χ3n) is 14.5. The smallest absolute Gasteiger partial charge is 0.306 e. The van der Waals surface area contributed by atoms with E-state index >= 15 is 0 Å². The monoisotopic (exact) mass is 1060 g/mol. The Morgan fingerprint density at radius 3 is 0.776 bits per heavy atom. The topological polar surface area (TPSA) is 78.9 Å². The van der Waals surface area contributed by atoms with Crippen molar-refractivity contribution < 1.29 is 28.6 Å². The molecule has 76 heavy (non-hydrogen) atoms. The molecule has 1 unspecified atom stereocenters. The van der Waals surface area contributed by atoms with E-state index in [1.54, 1.807) is 0 Å². The van der Waals surface area contributed by atoms with E-state index in [-0.39, 0.29) is 37.5 Å². The van der Waals surface area contributed by atoms with E-state index < -0.39 is 6.10 Å². The van der Waals surface area contributed by atoms with Crippen LogP contribution in [-0.4, -0.2) is 37.2 Å². The SMILES string of the molecule is CC/C=C\C/C=C\C/C=C\C/C=C\C/C=C\C/C=C\CCC(=O)OC(COC(=O)CCCCCCCCCCCC)COC(=O)CCCCCCCCCCCCCCCCCCCCCCCCCCCCCCC. The van der Waals surface area contributed by atoms with Gasteiger partial charge in [0.25, 0.3) is 0 Å². The number of ether oxygens (including phenoxy) is 3. The van der Waals surface area contributed by atoms with Gasteiger partial charge < -0.3 is 14.2 Å². The molecule has 0 aliphatic heterocycles. The molecule has 0 spiro atoms. The minimum atomic E-state index is -0.813. The van der Waals surface area contributed by atoms with Gasteiger partial charge in [-0.05, 0) is 57.8 Å². The fourth-order valence-corrected chi connectivity index (χ4v) is 9.59. The maximum atomic E-state index is 12.8. The van der Waals surface area contributed by atoms with Crippen molar-refractivity contribution in [3.63, 3.8) is 0 Å². The van der Waals surface area contributed by atoms with Crippen molar-refractivity contribution in [2.75, 3.05) is 13.2 Å².